The minimum atomic E-state index is 0.0164. The van der Waals surface area contributed by atoms with E-state index >= 15 is 0 Å². The van der Waals surface area contributed by atoms with Crippen molar-refractivity contribution in [1.29, 1.82) is 0 Å². The van der Waals surface area contributed by atoms with Crippen molar-refractivity contribution >= 4 is 17.8 Å². The van der Waals surface area contributed by atoms with E-state index in [0.717, 1.165) is 25.9 Å². The predicted molar refractivity (Wildman–Crippen MR) is 75.0 cm³/mol. The average molecular weight is 280 g/mol. The van der Waals surface area contributed by atoms with Crippen molar-refractivity contribution in [3.8, 4) is 6.01 Å². The lowest BCUT2D eigenvalue weighted by molar-refractivity contribution is -0.119. The monoisotopic (exact) mass is 280 g/mol. The third-order valence-electron chi connectivity index (χ3n) is 3.19. The zero-order valence-electron chi connectivity index (χ0n) is 12.0. The second kappa shape index (κ2) is 6.36. The van der Waals surface area contributed by atoms with Crippen LogP contribution in [0.15, 0.2) is 0 Å². The molecule has 0 aromatic carbocycles. The van der Waals surface area contributed by atoms with Crippen LogP contribution in [0, 0.1) is 0 Å². The molecule has 8 nitrogen and oxygen atoms in total. The van der Waals surface area contributed by atoms with E-state index in [1.807, 2.05) is 0 Å². The number of hydrogen-bond acceptors (Lipinski definition) is 7. The van der Waals surface area contributed by atoms with Gasteiger partial charge in [-0.25, -0.2) is 0 Å². The molecule has 0 atom stereocenters. The van der Waals surface area contributed by atoms with E-state index in [4.69, 9.17) is 4.74 Å². The SMILES string of the molecule is CNc1nc(OC)nc(N2CCC(NC(C)=O)CC2)n1. The smallest absolute Gasteiger partial charge is 0.322 e. The van der Waals surface area contributed by atoms with Crippen LogP contribution in [0.2, 0.25) is 0 Å². The van der Waals surface area contributed by atoms with E-state index in [0.29, 0.717) is 17.9 Å². The summed E-state index contributed by atoms with van der Waals surface area (Å²) in [6.45, 7) is 3.13. The second-order valence-corrected chi connectivity index (χ2v) is 4.66. The minimum Gasteiger partial charge on any atom is -0.467 e. The summed E-state index contributed by atoms with van der Waals surface area (Å²) in [5.41, 5.74) is 0. The Kier molecular flexibility index (Phi) is 4.54. The van der Waals surface area contributed by atoms with E-state index < -0.39 is 0 Å². The number of nitrogens with one attached hydrogen (secondary N) is 2. The average Bonchev–Trinajstić information content (AvgIpc) is 2.46. The summed E-state index contributed by atoms with van der Waals surface area (Å²) in [6.07, 6.45) is 1.75. The molecular formula is C12H20N6O2. The van der Waals surface area contributed by atoms with Crippen molar-refractivity contribution in [2.24, 2.45) is 0 Å². The molecule has 0 unspecified atom stereocenters. The number of amides is 1. The topological polar surface area (TPSA) is 92.3 Å². The fourth-order valence-corrected chi connectivity index (χ4v) is 2.20. The standard InChI is InChI=1S/C12H20N6O2/c1-8(19)14-9-4-6-18(7-5-9)11-15-10(13-2)16-12(17-11)20-3/h9H,4-7H2,1-3H3,(H,14,19)(H,13,15,16,17). The molecule has 1 aliphatic heterocycles. The molecule has 0 spiro atoms. The first kappa shape index (κ1) is 14.3. The Morgan fingerprint density at radius 2 is 2.00 bits per heavy atom. The number of carbonyl (C=O) groups is 1. The van der Waals surface area contributed by atoms with Crippen LogP contribution in [0.4, 0.5) is 11.9 Å². The van der Waals surface area contributed by atoms with Gasteiger partial charge in [-0.15, -0.1) is 0 Å². The summed E-state index contributed by atoms with van der Waals surface area (Å²) < 4.78 is 5.08. The van der Waals surface area contributed by atoms with Crippen LogP contribution in [0.1, 0.15) is 19.8 Å². The van der Waals surface area contributed by atoms with Gasteiger partial charge in [-0.2, -0.15) is 15.0 Å². The van der Waals surface area contributed by atoms with Gasteiger partial charge in [0.2, 0.25) is 17.8 Å². The van der Waals surface area contributed by atoms with Crippen LogP contribution in [0.3, 0.4) is 0 Å². The lowest BCUT2D eigenvalue weighted by Crippen LogP contribution is -2.44. The molecule has 1 saturated heterocycles. The summed E-state index contributed by atoms with van der Waals surface area (Å²) in [6, 6.07) is 0.527. The highest BCUT2D eigenvalue weighted by molar-refractivity contribution is 5.73. The number of ether oxygens (including phenoxy) is 1. The quantitative estimate of drug-likeness (QED) is 0.803. The van der Waals surface area contributed by atoms with Crippen molar-refractivity contribution in [2.75, 3.05) is 37.5 Å². The zero-order chi connectivity index (χ0) is 14.5. The molecule has 1 aromatic rings. The van der Waals surface area contributed by atoms with Crippen LogP contribution in [0.5, 0.6) is 6.01 Å². The molecule has 0 saturated carbocycles. The molecule has 2 heterocycles. The van der Waals surface area contributed by atoms with Crippen LogP contribution in [-0.4, -0.2) is 54.1 Å². The number of carbonyl (C=O) groups excluding carboxylic acids is 1. The van der Waals surface area contributed by atoms with Crippen molar-refractivity contribution in [3.63, 3.8) is 0 Å². The van der Waals surface area contributed by atoms with Crippen molar-refractivity contribution in [1.82, 2.24) is 20.3 Å². The van der Waals surface area contributed by atoms with Gasteiger partial charge in [0, 0.05) is 33.1 Å². The van der Waals surface area contributed by atoms with Gasteiger partial charge < -0.3 is 20.3 Å². The summed E-state index contributed by atoms with van der Waals surface area (Å²) in [7, 11) is 3.28. The fraction of sp³-hybridized carbons (Fsp3) is 0.667. The molecule has 1 aromatic heterocycles. The Morgan fingerprint density at radius 3 is 2.55 bits per heavy atom. The van der Waals surface area contributed by atoms with Crippen LogP contribution in [-0.2, 0) is 4.79 Å². The molecule has 2 N–H and O–H groups in total. The van der Waals surface area contributed by atoms with Gasteiger partial charge in [-0.1, -0.05) is 0 Å². The van der Waals surface area contributed by atoms with Crippen molar-refractivity contribution in [3.05, 3.63) is 0 Å². The Morgan fingerprint density at radius 1 is 1.30 bits per heavy atom. The van der Waals surface area contributed by atoms with Crippen LogP contribution >= 0.6 is 0 Å². The summed E-state index contributed by atoms with van der Waals surface area (Å²) in [5, 5.41) is 5.83. The van der Waals surface area contributed by atoms with E-state index in [-0.39, 0.29) is 11.9 Å². The highest BCUT2D eigenvalue weighted by Gasteiger charge is 2.22. The number of piperidine rings is 1. The highest BCUT2D eigenvalue weighted by Crippen LogP contribution is 2.19. The Bertz CT molecular complexity index is 451. The number of aromatic nitrogens is 3. The van der Waals surface area contributed by atoms with Crippen molar-refractivity contribution < 1.29 is 9.53 Å². The van der Waals surface area contributed by atoms with Crippen LogP contribution in [0.25, 0.3) is 0 Å². The Labute approximate surface area is 118 Å². The molecular weight excluding hydrogens is 260 g/mol. The van der Waals surface area contributed by atoms with Crippen molar-refractivity contribution in [2.45, 2.75) is 25.8 Å². The molecule has 1 fully saturated rings. The first-order valence-corrected chi connectivity index (χ1v) is 6.62. The van der Waals surface area contributed by atoms with Gasteiger partial charge in [0.15, 0.2) is 0 Å². The number of nitrogens with zero attached hydrogens (tertiary/aromatic N) is 4. The Hall–Kier alpha value is -2.12. The van der Waals surface area contributed by atoms with E-state index in [1.54, 1.807) is 14.0 Å². The number of rotatable bonds is 4. The summed E-state index contributed by atoms with van der Waals surface area (Å²) >= 11 is 0. The van der Waals surface area contributed by atoms with Gasteiger partial charge in [0.1, 0.15) is 0 Å². The molecule has 8 heteroatoms. The van der Waals surface area contributed by atoms with Gasteiger partial charge in [-0.3, -0.25) is 4.79 Å². The first-order valence-electron chi connectivity index (χ1n) is 6.62. The maximum absolute atomic E-state index is 11.0. The van der Waals surface area contributed by atoms with E-state index in [1.165, 1.54) is 7.11 Å². The van der Waals surface area contributed by atoms with Gasteiger partial charge >= 0.3 is 6.01 Å². The molecule has 110 valence electrons. The maximum atomic E-state index is 11.0. The van der Waals surface area contributed by atoms with Crippen LogP contribution < -0.4 is 20.3 Å². The predicted octanol–water partition coefficient (Wildman–Crippen LogP) is 0.0268. The van der Waals surface area contributed by atoms with Gasteiger partial charge in [0.25, 0.3) is 0 Å². The number of anilines is 2. The van der Waals surface area contributed by atoms with Gasteiger partial charge in [0.05, 0.1) is 7.11 Å². The normalized spacial score (nSPS) is 15.8. The summed E-state index contributed by atoms with van der Waals surface area (Å²) in [4.78, 5) is 25.8. The minimum absolute atomic E-state index is 0.0164. The van der Waals surface area contributed by atoms with Gasteiger partial charge in [-0.05, 0) is 12.8 Å². The largest absolute Gasteiger partial charge is 0.467 e. The second-order valence-electron chi connectivity index (χ2n) is 4.66. The maximum Gasteiger partial charge on any atom is 0.322 e. The molecule has 0 aliphatic carbocycles. The molecule has 1 amide bonds. The Balaban J connectivity index is 2.04. The van der Waals surface area contributed by atoms with E-state index in [9.17, 15) is 4.79 Å². The molecule has 0 radical (unpaired) electrons. The molecule has 0 bridgehead atoms. The zero-order valence-corrected chi connectivity index (χ0v) is 12.0. The first-order chi connectivity index (χ1) is 9.62. The fourth-order valence-electron chi connectivity index (χ4n) is 2.20. The lowest BCUT2D eigenvalue weighted by atomic mass is 10.1. The third kappa shape index (κ3) is 3.46. The summed E-state index contributed by atoms with van der Waals surface area (Å²) in [5.74, 6) is 1.10. The highest BCUT2D eigenvalue weighted by atomic mass is 16.5. The third-order valence-corrected chi connectivity index (χ3v) is 3.19. The molecule has 20 heavy (non-hydrogen) atoms. The van der Waals surface area contributed by atoms with E-state index in [2.05, 4.69) is 30.5 Å². The molecule has 1 aliphatic rings. The number of hydrogen-bond donors (Lipinski definition) is 2. The molecule has 2 rings (SSSR count). The number of methoxy groups -OCH3 is 1. The lowest BCUT2D eigenvalue weighted by Gasteiger charge is -2.32.